The molecular weight excluding hydrogens is 563 g/mol. The number of esters is 1. The lowest BCUT2D eigenvalue weighted by Gasteiger charge is -2.27. The second kappa shape index (κ2) is 12.6. The second-order valence-corrected chi connectivity index (χ2v) is 11.6. The average Bonchev–Trinajstić information content (AvgIpc) is 3.57. The molecule has 0 amide bonds. The van der Waals surface area contributed by atoms with Crippen molar-refractivity contribution in [3.05, 3.63) is 78.4 Å². The highest BCUT2D eigenvalue weighted by Crippen LogP contribution is 2.49. The molecule has 1 fully saturated rings. The number of anilines is 1. The topological polar surface area (TPSA) is 173 Å². The van der Waals surface area contributed by atoms with E-state index >= 15 is 0 Å². The number of aryl methyl sites for hydroxylation is 1. The molecule has 3 heterocycles. The van der Waals surface area contributed by atoms with Gasteiger partial charge in [0.25, 0.3) is 0 Å². The van der Waals surface area contributed by atoms with Crippen molar-refractivity contribution >= 4 is 30.7 Å². The molecule has 0 aliphatic carbocycles. The van der Waals surface area contributed by atoms with Crippen LogP contribution in [0, 0.1) is 6.92 Å². The maximum atomic E-state index is 14.2. The van der Waals surface area contributed by atoms with E-state index < -0.39 is 50.9 Å². The molecule has 5 rings (SSSR count). The minimum absolute atomic E-state index is 0.160. The zero-order valence-corrected chi connectivity index (χ0v) is 24.3. The smallest absolute Gasteiger partial charge is 0.457 e. The third-order valence-electron chi connectivity index (χ3n) is 6.74. The Hall–Kier alpha value is -3.87. The number of hydrogen-bond acceptors (Lipinski definition) is 11. The number of nitrogen functional groups attached to an aromatic ring is 1. The van der Waals surface area contributed by atoms with Crippen LogP contribution in [0.15, 0.2) is 67.0 Å². The summed E-state index contributed by atoms with van der Waals surface area (Å²) in [4.78, 5) is 25.9. The third kappa shape index (κ3) is 6.61. The van der Waals surface area contributed by atoms with Crippen LogP contribution >= 0.6 is 7.75 Å². The Kier molecular flexibility index (Phi) is 8.85. The highest BCUT2D eigenvalue weighted by Gasteiger charge is 2.44. The Bertz CT molecular complexity index is 1570. The van der Waals surface area contributed by atoms with Crippen LogP contribution in [-0.2, 0) is 23.4 Å². The number of aromatic nitrogens is 4. The summed E-state index contributed by atoms with van der Waals surface area (Å²) < 4.78 is 39.4. The van der Waals surface area contributed by atoms with Crippen molar-refractivity contribution in [1.82, 2.24) is 24.6 Å². The summed E-state index contributed by atoms with van der Waals surface area (Å²) in [5, 5.41) is 12.8. The Morgan fingerprint density at radius 2 is 1.86 bits per heavy atom. The number of hydrogen-bond donors (Lipinski definition) is 3. The molecule has 13 nitrogen and oxygen atoms in total. The fourth-order valence-electron chi connectivity index (χ4n) is 4.64. The van der Waals surface area contributed by atoms with E-state index in [2.05, 4.69) is 20.0 Å². The number of carbonyl (C=O) groups excluding carboxylic acids is 1. The summed E-state index contributed by atoms with van der Waals surface area (Å²) in [5.74, 6) is 0.293. The molecule has 0 saturated carbocycles. The summed E-state index contributed by atoms with van der Waals surface area (Å²) >= 11 is 0. The molecule has 14 heteroatoms. The first kappa shape index (κ1) is 29.6. The summed E-state index contributed by atoms with van der Waals surface area (Å²) in [6.45, 7) is 4.53. The van der Waals surface area contributed by atoms with Crippen LogP contribution < -0.4 is 15.3 Å². The molecule has 222 valence electrons. The zero-order valence-electron chi connectivity index (χ0n) is 23.4. The minimum atomic E-state index is -4.25. The van der Waals surface area contributed by atoms with Gasteiger partial charge in [-0.1, -0.05) is 48.5 Å². The molecule has 1 aliphatic rings. The number of ether oxygens (including phenoxy) is 2. The molecule has 1 aliphatic heterocycles. The molecule has 42 heavy (non-hydrogen) atoms. The number of carbonyl (C=O) groups is 1. The Balaban J connectivity index is 1.35. The van der Waals surface area contributed by atoms with Gasteiger partial charge in [0, 0.05) is 6.42 Å². The lowest BCUT2D eigenvalue weighted by molar-refractivity contribution is -0.150. The van der Waals surface area contributed by atoms with Gasteiger partial charge in [-0.15, -0.1) is 0 Å². The fraction of sp³-hybridized carbons (Fsp3) is 0.357. The highest BCUT2D eigenvalue weighted by atomic mass is 31.2. The van der Waals surface area contributed by atoms with Crippen LogP contribution in [0.25, 0.3) is 11.2 Å². The van der Waals surface area contributed by atoms with Gasteiger partial charge < -0.3 is 24.8 Å². The molecule has 2 aromatic carbocycles. The van der Waals surface area contributed by atoms with E-state index in [9.17, 15) is 14.5 Å². The van der Waals surface area contributed by atoms with Crippen LogP contribution in [0.3, 0.4) is 0 Å². The molecule has 0 bridgehead atoms. The van der Waals surface area contributed by atoms with Gasteiger partial charge in [0.05, 0.1) is 12.9 Å². The van der Waals surface area contributed by atoms with Crippen molar-refractivity contribution in [2.24, 2.45) is 0 Å². The van der Waals surface area contributed by atoms with E-state index in [-0.39, 0.29) is 18.0 Å². The molecule has 0 spiro atoms. The molecule has 0 radical (unpaired) electrons. The highest BCUT2D eigenvalue weighted by molar-refractivity contribution is 7.52. The molecule has 4 aromatic rings. The van der Waals surface area contributed by atoms with Gasteiger partial charge in [-0.25, -0.2) is 19.5 Å². The first-order valence-electron chi connectivity index (χ1n) is 13.4. The monoisotopic (exact) mass is 596 g/mol. The summed E-state index contributed by atoms with van der Waals surface area (Å²) in [6.07, 6.45) is -1.31. The van der Waals surface area contributed by atoms with Crippen LogP contribution in [0.5, 0.6) is 5.75 Å². The normalized spacial score (nSPS) is 21.5. The number of rotatable bonds is 11. The fourth-order valence-corrected chi connectivity index (χ4v) is 6.36. The third-order valence-corrected chi connectivity index (χ3v) is 8.44. The number of fused-ring (bicyclic) bond motifs is 1. The van der Waals surface area contributed by atoms with Crippen molar-refractivity contribution < 1.29 is 33.0 Å². The van der Waals surface area contributed by atoms with Gasteiger partial charge in [-0.2, -0.15) is 5.09 Å². The minimum Gasteiger partial charge on any atom is -0.457 e. The van der Waals surface area contributed by atoms with Gasteiger partial charge in [0.1, 0.15) is 47.7 Å². The molecule has 1 saturated heterocycles. The Morgan fingerprint density at radius 1 is 1.17 bits per heavy atom. The molecule has 6 atom stereocenters. The lowest BCUT2D eigenvalue weighted by Crippen LogP contribution is -2.37. The number of nitrogens with zero attached hydrogens (tertiary/aromatic N) is 4. The van der Waals surface area contributed by atoms with Gasteiger partial charge in [-0.3, -0.25) is 13.9 Å². The van der Waals surface area contributed by atoms with Gasteiger partial charge in [0.15, 0.2) is 11.5 Å². The number of aliphatic hydroxyl groups excluding tert-OH is 1. The van der Waals surface area contributed by atoms with Crippen LogP contribution in [0.1, 0.15) is 44.0 Å². The summed E-state index contributed by atoms with van der Waals surface area (Å²) in [7, 11) is -4.25. The summed E-state index contributed by atoms with van der Waals surface area (Å²) in [5.41, 5.74) is 7.68. The maximum Gasteiger partial charge on any atom is 0.459 e. The molecule has 4 N–H and O–H groups in total. The number of nitrogens with one attached hydrogen (secondary N) is 1. The van der Waals surface area contributed by atoms with Crippen molar-refractivity contribution in [1.29, 1.82) is 0 Å². The Morgan fingerprint density at radius 3 is 2.55 bits per heavy atom. The van der Waals surface area contributed by atoms with Crippen molar-refractivity contribution in [3.8, 4) is 5.75 Å². The predicted octanol–water partition coefficient (Wildman–Crippen LogP) is 3.85. The van der Waals surface area contributed by atoms with Gasteiger partial charge in [-0.05, 0) is 38.5 Å². The first-order chi connectivity index (χ1) is 20.2. The second-order valence-electron chi connectivity index (χ2n) is 9.91. The lowest BCUT2D eigenvalue weighted by atomic mass is 10.1. The molecule has 1 unspecified atom stereocenters. The standard InChI is InChI=1S/C28H33N6O7P/c1-17(28(36)38-18(2)20-10-6-4-7-11-20)33-42(37,40-21-12-8-5-9-13-21)41-22-14-24(39-23(22)15-35)34-16-30-25-26(29)31-19(3)32-27(25)34/h4-13,16-18,22-24,35H,14-15H2,1-3H3,(H,33,37)(H2,29,31,32)/t17-,18-,22+,23+,24+,42?/m0/s1. The number of para-hydroxylation sites is 1. The largest absolute Gasteiger partial charge is 0.459 e. The van der Waals surface area contributed by atoms with E-state index in [1.54, 1.807) is 48.7 Å². The van der Waals surface area contributed by atoms with Gasteiger partial charge >= 0.3 is 13.7 Å². The molecular formula is C28H33N6O7P. The SMILES string of the molecule is Cc1nc(N)c2ncn([C@H]3C[C@@H](OP(=O)(N[C@@H](C)C(=O)O[C@@H](C)c4ccccc4)Oc4ccccc4)[C@@H](CO)O3)c2n1. The quantitative estimate of drug-likeness (QED) is 0.169. The first-order valence-corrected chi connectivity index (χ1v) is 15.0. The van der Waals surface area contributed by atoms with E-state index in [1.165, 1.54) is 13.3 Å². The van der Waals surface area contributed by atoms with Crippen LogP contribution in [0.4, 0.5) is 5.82 Å². The summed E-state index contributed by atoms with van der Waals surface area (Å²) in [6, 6.07) is 16.6. The Labute approximate surface area is 242 Å². The number of benzene rings is 2. The maximum absolute atomic E-state index is 14.2. The van der Waals surface area contributed by atoms with E-state index in [1.807, 2.05) is 30.3 Å². The number of aliphatic hydroxyl groups is 1. The number of imidazole rings is 1. The van der Waals surface area contributed by atoms with Gasteiger partial charge in [0.2, 0.25) is 0 Å². The average molecular weight is 597 g/mol. The molecule has 2 aromatic heterocycles. The van der Waals surface area contributed by atoms with Crippen LogP contribution in [-0.4, -0.2) is 55.5 Å². The van der Waals surface area contributed by atoms with E-state index in [0.29, 0.717) is 17.0 Å². The predicted molar refractivity (Wildman–Crippen MR) is 153 cm³/mol. The van der Waals surface area contributed by atoms with Crippen molar-refractivity contribution in [2.75, 3.05) is 12.3 Å². The van der Waals surface area contributed by atoms with Crippen LogP contribution in [0.2, 0.25) is 0 Å². The van der Waals surface area contributed by atoms with E-state index in [0.717, 1.165) is 5.56 Å². The zero-order chi connectivity index (χ0) is 29.9. The number of nitrogens with two attached hydrogens (primary N) is 1. The van der Waals surface area contributed by atoms with E-state index in [4.69, 9.17) is 24.3 Å². The van der Waals surface area contributed by atoms with Crippen molar-refractivity contribution in [3.63, 3.8) is 0 Å². The van der Waals surface area contributed by atoms with Crippen molar-refractivity contribution in [2.45, 2.75) is 57.8 Å².